The zero-order valence-corrected chi connectivity index (χ0v) is 9.07. The van der Waals surface area contributed by atoms with Crippen LogP contribution in [0.3, 0.4) is 0 Å². The third kappa shape index (κ3) is 2.59. The van der Waals surface area contributed by atoms with Gasteiger partial charge in [0.1, 0.15) is 5.60 Å². The van der Waals surface area contributed by atoms with Crippen molar-refractivity contribution in [3.63, 3.8) is 0 Å². The summed E-state index contributed by atoms with van der Waals surface area (Å²) < 4.78 is 7.25. The number of hydrogen-bond donors (Lipinski definition) is 2. The van der Waals surface area contributed by atoms with Gasteiger partial charge in [0.2, 0.25) is 0 Å². The van der Waals surface area contributed by atoms with E-state index in [4.69, 9.17) is 4.74 Å². The Labute approximate surface area is 89.9 Å². The van der Waals surface area contributed by atoms with Crippen molar-refractivity contribution >= 4 is 0 Å². The molecule has 0 bridgehead atoms. The van der Waals surface area contributed by atoms with Gasteiger partial charge in [-0.15, -0.1) is 0 Å². The lowest BCUT2D eigenvalue weighted by Gasteiger charge is -2.20. The number of nitrogens with one attached hydrogen (secondary N) is 1. The first-order chi connectivity index (χ1) is 7.20. The second-order valence-electron chi connectivity index (χ2n) is 4.24. The lowest BCUT2D eigenvalue weighted by Crippen LogP contribution is -2.40. The van der Waals surface area contributed by atoms with Gasteiger partial charge in [-0.3, -0.25) is 0 Å². The molecule has 15 heavy (non-hydrogen) atoms. The molecule has 0 aliphatic carbocycles. The van der Waals surface area contributed by atoms with Gasteiger partial charge in [0.25, 0.3) is 0 Å². The first-order valence-corrected chi connectivity index (χ1v) is 5.31. The van der Waals surface area contributed by atoms with Crippen LogP contribution in [0.25, 0.3) is 0 Å². The molecule has 1 unspecified atom stereocenters. The van der Waals surface area contributed by atoms with Gasteiger partial charge >= 0.3 is 0 Å². The predicted octanol–water partition coefficient (Wildman–Crippen LogP) is 0.266. The lowest BCUT2D eigenvalue weighted by atomic mass is 10.0. The fraction of sp³-hybridized carbons (Fsp3) is 0.636. The van der Waals surface area contributed by atoms with Crippen molar-refractivity contribution in [1.82, 2.24) is 9.88 Å². The van der Waals surface area contributed by atoms with Crippen molar-refractivity contribution in [2.75, 3.05) is 19.8 Å². The van der Waals surface area contributed by atoms with Gasteiger partial charge in [-0.1, -0.05) is 0 Å². The first kappa shape index (κ1) is 10.7. The van der Waals surface area contributed by atoms with Gasteiger partial charge in [-0.25, -0.2) is 0 Å². The van der Waals surface area contributed by atoms with Crippen LogP contribution in [-0.4, -0.2) is 35.0 Å². The summed E-state index contributed by atoms with van der Waals surface area (Å²) in [4.78, 5) is 0. The third-order valence-electron chi connectivity index (χ3n) is 2.89. The van der Waals surface area contributed by atoms with Crippen LogP contribution in [0.5, 0.6) is 0 Å². The number of aromatic nitrogens is 1. The van der Waals surface area contributed by atoms with E-state index in [0.29, 0.717) is 19.8 Å². The largest absolute Gasteiger partial charge is 0.386 e. The van der Waals surface area contributed by atoms with Gasteiger partial charge in [-0.2, -0.15) is 0 Å². The van der Waals surface area contributed by atoms with Crippen molar-refractivity contribution < 1.29 is 9.84 Å². The molecule has 84 valence electrons. The summed E-state index contributed by atoms with van der Waals surface area (Å²) >= 11 is 0. The van der Waals surface area contributed by atoms with Gasteiger partial charge in [0, 0.05) is 45.1 Å². The maximum atomic E-state index is 9.99. The highest BCUT2D eigenvalue weighted by atomic mass is 16.5. The highest BCUT2D eigenvalue weighted by Crippen LogP contribution is 2.17. The van der Waals surface area contributed by atoms with Crippen LogP contribution in [0.4, 0.5) is 0 Å². The van der Waals surface area contributed by atoms with Crippen molar-refractivity contribution in [3.05, 3.63) is 24.0 Å². The quantitative estimate of drug-likeness (QED) is 0.749. The molecule has 1 atom stereocenters. The number of hydrogen-bond acceptors (Lipinski definition) is 3. The van der Waals surface area contributed by atoms with Crippen molar-refractivity contribution in [3.8, 4) is 0 Å². The van der Waals surface area contributed by atoms with Crippen molar-refractivity contribution in [2.45, 2.75) is 18.6 Å². The molecule has 0 spiro atoms. The second kappa shape index (κ2) is 4.35. The van der Waals surface area contributed by atoms with E-state index in [1.54, 1.807) is 0 Å². The summed E-state index contributed by atoms with van der Waals surface area (Å²) in [6.45, 7) is 2.50. The van der Waals surface area contributed by atoms with Gasteiger partial charge < -0.3 is 19.7 Å². The molecular formula is C11H18N2O2. The van der Waals surface area contributed by atoms with Crippen molar-refractivity contribution in [2.24, 2.45) is 7.05 Å². The number of rotatable bonds is 4. The minimum absolute atomic E-state index is 0.452. The first-order valence-electron chi connectivity index (χ1n) is 5.31. The molecule has 0 amide bonds. The van der Waals surface area contributed by atoms with Crippen LogP contribution in [0.1, 0.15) is 12.1 Å². The van der Waals surface area contributed by atoms with E-state index in [1.807, 2.05) is 19.3 Å². The molecule has 2 rings (SSSR count). The number of aliphatic hydroxyl groups is 1. The fourth-order valence-electron chi connectivity index (χ4n) is 1.84. The predicted molar refractivity (Wildman–Crippen MR) is 57.5 cm³/mol. The average molecular weight is 210 g/mol. The Morgan fingerprint density at radius 3 is 3.13 bits per heavy atom. The van der Waals surface area contributed by atoms with Crippen LogP contribution in [0.15, 0.2) is 18.3 Å². The van der Waals surface area contributed by atoms with E-state index in [1.165, 1.54) is 5.69 Å². The molecule has 4 nitrogen and oxygen atoms in total. The molecule has 1 saturated heterocycles. The summed E-state index contributed by atoms with van der Waals surface area (Å²) in [5, 5.41) is 13.3. The zero-order valence-electron chi connectivity index (χ0n) is 9.07. The number of aryl methyl sites for hydroxylation is 1. The molecule has 1 aliphatic rings. The summed E-state index contributed by atoms with van der Waals surface area (Å²) in [6, 6.07) is 4.09. The molecule has 2 N–H and O–H groups in total. The Hall–Kier alpha value is -0.840. The molecule has 0 radical (unpaired) electrons. The van der Waals surface area contributed by atoms with Crippen LogP contribution in [-0.2, 0) is 18.3 Å². The minimum atomic E-state index is -0.662. The Bertz CT molecular complexity index is 316. The number of nitrogens with zero attached hydrogens (tertiary/aromatic N) is 1. The summed E-state index contributed by atoms with van der Waals surface area (Å²) in [6.07, 6.45) is 2.75. The molecular weight excluding hydrogens is 192 g/mol. The Balaban J connectivity index is 1.77. The highest BCUT2D eigenvalue weighted by molar-refractivity contribution is 5.06. The topological polar surface area (TPSA) is 46.4 Å². The maximum absolute atomic E-state index is 9.99. The standard InChI is InChI=1S/C11H18N2O2/c1-13-5-2-3-10(13)7-12-8-11(14)4-6-15-9-11/h2-3,5,12,14H,4,6-9H2,1H3. The maximum Gasteiger partial charge on any atom is 0.103 e. The lowest BCUT2D eigenvalue weighted by molar-refractivity contribution is 0.0267. The molecule has 2 heterocycles. The molecule has 1 aromatic rings. The van der Waals surface area contributed by atoms with Crippen LogP contribution in [0.2, 0.25) is 0 Å². The average Bonchev–Trinajstić information content (AvgIpc) is 2.78. The number of ether oxygens (including phenoxy) is 1. The van der Waals surface area contributed by atoms with Gasteiger partial charge in [0.15, 0.2) is 0 Å². The van der Waals surface area contributed by atoms with E-state index in [2.05, 4.69) is 16.0 Å². The van der Waals surface area contributed by atoms with E-state index < -0.39 is 5.60 Å². The molecule has 0 aromatic carbocycles. The van der Waals surface area contributed by atoms with Crippen LogP contribution >= 0.6 is 0 Å². The van der Waals surface area contributed by atoms with E-state index >= 15 is 0 Å². The van der Waals surface area contributed by atoms with E-state index in [9.17, 15) is 5.11 Å². The molecule has 1 aromatic heterocycles. The zero-order chi connectivity index (χ0) is 10.7. The monoisotopic (exact) mass is 210 g/mol. The van der Waals surface area contributed by atoms with Gasteiger partial charge in [0.05, 0.1) is 6.61 Å². The SMILES string of the molecule is Cn1cccc1CNCC1(O)CCOC1. The normalized spacial score (nSPS) is 26.0. The smallest absolute Gasteiger partial charge is 0.103 e. The highest BCUT2D eigenvalue weighted by Gasteiger charge is 2.31. The minimum Gasteiger partial charge on any atom is -0.386 e. The summed E-state index contributed by atoms with van der Waals surface area (Å²) in [5.74, 6) is 0. The van der Waals surface area contributed by atoms with Crippen molar-refractivity contribution in [1.29, 1.82) is 0 Å². The Morgan fingerprint density at radius 1 is 1.67 bits per heavy atom. The third-order valence-corrected chi connectivity index (χ3v) is 2.89. The molecule has 4 heteroatoms. The molecule has 1 aliphatic heterocycles. The summed E-state index contributed by atoms with van der Waals surface area (Å²) in [5.41, 5.74) is 0.558. The summed E-state index contributed by atoms with van der Waals surface area (Å²) in [7, 11) is 2.02. The Kier molecular flexibility index (Phi) is 3.09. The van der Waals surface area contributed by atoms with E-state index in [-0.39, 0.29) is 0 Å². The Morgan fingerprint density at radius 2 is 2.53 bits per heavy atom. The van der Waals surface area contributed by atoms with Crippen LogP contribution < -0.4 is 5.32 Å². The fourth-order valence-corrected chi connectivity index (χ4v) is 1.84. The van der Waals surface area contributed by atoms with Crippen LogP contribution in [0, 0.1) is 0 Å². The molecule has 0 saturated carbocycles. The van der Waals surface area contributed by atoms with Gasteiger partial charge in [-0.05, 0) is 12.1 Å². The van der Waals surface area contributed by atoms with E-state index in [0.717, 1.165) is 13.0 Å². The second-order valence-corrected chi connectivity index (χ2v) is 4.24. The molecule has 1 fully saturated rings.